The first kappa shape index (κ1) is 15.3. The summed E-state index contributed by atoms with van der Waals surface area (Å²) in [5, 5.41) is 10.0. The Morgan fingerprint density at radius 2 is 1.92 bits per heavy atom. The zero-order valence-electron chi connectivity index (χ0n) is 7.35. The van der Waals surface area contributed by atoms with Crippen LogP contribution in [0.25, 0.3) is 0 Å². The molecule has 0 aliphatic heterocycles. The van der Waals surface area contributed by atoms with Crippen LogP contribution in [0.2, 0.25) is 0 Å². The Bertz CT molecular complexity index is 125. The van der Waals surface area contributed by atoms with Crippen LogP contribution < -0.4 is 16.6 Å². The Morgan fingerprint density at radius 1 is 1.46 bits per heavy atom. The summed E-state index contributed by atoms with van der Waals surface area (Å²) in [6.45, 7) is 0.583. The van der Waals surface area contributed by atoms with Gasteiger partial charge in [-0.2, -0.15) is 0 Å². The van der Waals surface area contributed by atoms with Crippen molar-refractivity contribution in [3.05, 3.63) is 0 Å². The number of carbonyl (C=O) groups is 1. The van der Waals surface area contributed by atoms with Crippen molar-refractivity contribution in [1.82, 2.24) is 0 Å². The normalized spacial score (nSPS) is 10.8. The van der Waals surface area contributed by atoms with Gasteiger partial charge in [-0.1, -0.05) is 6.42 Å². The van der Waals surface area contributed by atoms with Gasteiger partial charge in [0.15, 0.2) is 0 Å². The van der Waals surface area contributed by atoms with Crippen LogP contribution in [0, 0.1) is 0 Å². The average Bonchev–Trinajstić information content (AvgIpc) is 2.06. The number of aliphatic carboxylic acids is 1. The van der Waals surface area contributed by atoms with Crippen LogP contribution in [0.3, 0.4) is 0 Å². The van der Waals surface area contributed by atoms with E-state index in [1.807, 2.05) is 0 Å². The first-order valence-corrected chi connectivity index (χ1v) is 4.90. The van der Waals surface area contributed by atoms with E-state index in [4.69, 9.17) is 19.8 Å². The van der Waals surface area contributed by atoms with Crippen molar-refractivity contribution in [3.63, 3.8) is 0 Å². The van der Waals surface area contributed by atoms with Gasteiger partial charge in [-0.05, 0) is 19.4 Å². The van der Waals surface area contributed by atoms with E-state index in [9.17, 15) is 9.90 Å². The summed E-state index contributed by atoms with van der Waals surface area (Å²) in [5.74, 6) is -1.18. The molecule has 0 aliphatic carbocycles. The Labute approximate surface area is 83.9 Å². The molecule has 6 nitrogen and oxygen atoms in total. The van der Waals surface area contributed by atoms with Crippen molar-refractivity contribution >= 4 is 21.9 Å². The molecule has 0 rings (SSSR count). The molecule has 0 aliphatic rings. The molecule has 0 aromatic heterocycles. The fraction of sp³-hybridized carbons (Fsp3) is 0.833. The Morgan fingerprint density at radius 3 is 2.23 bits per heavy atom. The predicted octanol–water partition coefficient (Wildman–Crippen LogP) is -3.30. The molecule has 13 heavy (non-hydrogen) atoms. The molecule has 0 amide bonds. The first-order valence-electron chi connectivity index (χ1n) is 3.86. The number of nitrogens with two attached hydrogens (primary N) is 2. The van der Waals surface area contributed by atoms with E-state index in [1.165, 1.54) is 0 Å². The summed E-state index contributed by atoms with van der Waals surface area (Å²) in [7, 11) is 0. The molecule has 0 radical (unpaired) electrons. The summed E-state index contributed by atoms with van der Waals surface area (Å²) in [5.41, 5.74) is 10.3. The van der Waals surface area contributed by atoms with Gasteiger partial charge < -0.3 is 21.4 Å². The third-order valence-electron chi connectivity index (χ3n) is 1.27. The molecule has 6 N–H and O–H groups in total. The molecular formula is C6H15AlN2O4. The maximum absolute atomic E-state index is 10.0. The van der Waals surface area contributed by atoms with Crippen molar-refractivity contribution in [2.45, 2.75) is 25.3 Å². The van der Waals surface area contributed by atoms with Crippen molar-refractivity contribution in [3.8, 4) is 0 Å². The second-order valence-electron chi connectivity index (χ2n) is 2.33. The second kappa shape index (κ2) is 11.8. The van der Waals surface area contributed by atoms with Gasteiger partial charge in [-0.15, -0.1) is 0 Å². The Balaban J connectivity index is 0. The molecule has 76 valence electrons. The third-order valence-corrected chi connectivity index (χ3v) is 1.27. The van der Waals surface area contributed by atoms with Crippen LogP contribution in [-0.4, -0.2) is 42.8 Å². The van der Waals surface area contributed by atoms with Gasteiger partial charge >= 0.3 is 24.2 Å². The molecule has 0 spiro atoms. The van der Waals surface area contributed by atoms with E-state index in [-0.39, 0.29) is 0 Å². The molecule has 0 bridgehead atoms. The minimum absolute atomic E-state index is 0.458. The summed E-state index contributed by atoms with van der Waals surface area (Å²) >= 11 is -1.25. The van der Waals surface area contributed by atoms with Gasteiger partial charge in [0, 0.05) is 6.04 Å². The van der Waals surface area contributed by atoms with Gasteiger partial charge in [-0.3, -0.25) is 0 Å². The van der Waals surface area contributed by atoms with Gasteiger partial charge in [0.25, 0.3) is 0 Å². The van der Waals surface area contributed by atoms with Crippen LogP contribution in [-0.2, 0) is 4.79 Å². The number of carboxylic acids is 1. The maximum atomic E-state index is 10.0. The quantitative estimate of drug-likeness (QED) is 0.275. The number of unbranched alkanes of at least 4 members (excludes halogenated alkanes) is 1. The van der Waals surface area contributed by atoms with Crippen LogP contribution in [0.5, 0.6) is 0 Å². The molecule has 0 aromatic rings. The van der Waals surface area contributed by atoms with Crippen molar-refractivity contribution in [2.24, 2.45) is 11.5 Å². The number of carboxylic acid groups (broad SMARTS) is 1. The van der Waals surface area contributed by atoms with Gasteiger partial charge in [-0.25, -0.2) is 0 Å². The molecule has 0 saturated carbocycles. The van der Waals surface area contributed by atoms with Gasteiger partial charge in [0.1, 0.15) is 0 Å². The zero-order valence-corrected chi connectivity index (χ0v) is 8.50. The summed E-state index contributed by atoms with van der Waals surface area (Å²) < 4.78 is 14.4. The van der Waals surface area contributed by atoms with E-state index in [2.05, 4.69) is 0 Å². The molecule has 0 heterocycles. The number of hydrogen-bond donors (Lipinski definition) is 4. The molecule has 0 unspecified atom stereocenters. The van der Waals surface area contributed by atoms with Crippen molar-refractivity contribution in [2.75, 3.05) is 6.54 Å². The van der Waals surface area contributed by atoms with E-state index in [0.29, 0.717) is 13.0 Å². The van der Waals surface area contributed by atoms with E-state index < -0.39 is 27.9 Å². The Kier molecular flexibility index (Phi) is 14.0. The molecular weight excluding hydrogens is 191 g/mol. The van der Waals surface area contributed by atoms with Crippen LogP contribution in [0.4, 0.5) is 0 Å². The van der Waals surface area contributed by atoms with Crippen LogP contribution in [0.1, 0.15) is 19.3 Å². The van der Waals surface area contributed by atoms with Crippen LogP contribution >= 0.6 is 0 Å². The van der Waals surface area contributed by atoms with Crippen molar-refractivity contribution < 1.29 is 18.2 Å². The fourth-order valence-corrected chi connectivity index (χ4v) is 0.626. The summed E-state index contributed by atoms with van der Waals surface area (Å²) in [6, 6.07) is -0.827. The predicted molar refractivity (Wildman–Crippen MR) is 46.1 cm³/mol. The zero-order chi connectivity index (χ0) is 10.7. The molecule has 0 fully saturated rings. The number of hydrogen-bond acceptors (Lipinski definition) is 6. The van der Waals surface area contributed by atoms with E-state index >= 15 is 0 Å². The topological polar surface area (TPSA) is 133 Å². The van der Waals surface area contributed by atoms with Crippen molar-refractivity contribution in [1.29, 1.82) is 0 Å². The Hall–Kier alpha value is -0.158. The average molecular weight is 206 g/mol. The van der Waals surface area contributed by atoms with E-state index in [1.54, 1.807) is 0 Å². The number of carbonyl (C=O) groups excluding carboxylic acids is 1. The third kappa shape index (κ3) is 14.7. The molecule has 0 aromatic carbocycles. The first-order chi connectivity index (χ1) is 6.09. The SMILES string of the molecule is NCCCC[C@H](N)C(=O)[O-].[OH][Al+][OH]. The fourth-order valence-electron chi connectivity index (χ4n) is 0.626. The van der Waals surface area contributed by atoms with Gasteiger partial charge in [0.05, 0.1) is 5.97 Å². The molecule has 1 atom stereocenters. The number of rotatable bonds is 5. The standard InChI is InChI=1S/C6H14N2O2.Al.2H2O/c7-4-2-1-3-5(8)6(9)10;;;/h5H,1-4,7-8H2,(H,9,10);;2*1H2/q;+3;;/p-3/t5-;;;/m0.../s1. The summed E-state index contributed by atoms with van der Waals surface area (Å²) in [6.07, 6.45) is 2.03. The van der Waals surface area contributed by atoms with Crippen LogP contribution in [0.15, 0.2) is 0 Å². The monoisotopic (exact) mass is 206 g/mol. The van der Waals surface area contributed by atoms with Gasteiger partial charge in [0.2, 0.25) is 0 Å². The molecule has 0 saturated heterocycles. The van der Waals surface area contributed by atoms with E-state index in [0.717, 1.165) is 12.8 Å². The summed E-state index contributed by atoms with van der Waals surface area (Å²) in [4.78, 5) is 10.0. The minimum atomic E-state index is -1.25. The molecule has 7 heteroatoms. The second-order valence-corrected chi connectivity index (χ2v) is 2.56.